The second-order valence-electron chi connectivity index (χ2n) is 6.79. The highest BCUT2D eigenvalue weighted by atomic mass is 32.1. The third-order valence-corrected chi connectivity index (χ3v) is 5.72. The van der Waals surface area contributed by atoms with E-state index in [2.05, 4.69) is 5.32 Å². The summed E-state index contributed by atoms with van der Waals surface area (Å²) in [4.78, 5) is 39.7. The maximum absolute atomic E-state index is 12.8. The molecule has 0 radical (unpaired) electrons. The number of amides is 1. The first-order valence-electron chi connectivity index (χ1n) is 9.76. The minimum atomic E-state index is -0.497. The Morgan fingerprint density at radius 2 is 1.87 bits per heavy atom. The summed E-state index contributed by atoms with van der Waals surface area (Å²) in [6, 6.07) is 18.4. The zero-order valence-corrected chi connectivity index (χ0v) is 17.6. The lowest BCUT2D eigenvalue weighted by Gasteiger charge is -2.29. The minimum absolute atomic E-state index is 0.0329. The smallest absolute Gasteiger partial charge is 0.341 e. The summed E-state index contributed by atoms with van der Waals surface area (Å²) < 4.78 is 10.4. The number of ether oxygens (including phenoxy) is 2. The van der Waals surface area contributed by atoms with E-state index in [1.54, 1.807) is 36.1 Å². The number of benzene rings is 2. The van der Waals surface area contributed by atoms with Crippen LogP contribution in [-0.4, -0.2) is 37.5 Å². The summed E-state index contributed by atoms with van der Waals surface area (Å²) in [6.45, 7) is 1.87. The number of anilines is 2. The number of carbonyl (C=O) groups excluding carboxylic acids is 3. The molecule has 2 heterocycles. The molecule has 0 fully saturated rings. The van der Waals surface area contributed by atoms with Gasteiger partial charge in [-0.2, -0.15) is 0 Å². The number of thiophene rings is 1. The van der Waals surface area contributed by atoms with Crippen LogP contribution < -0.4 is 15.0 Å². The van der Waals surface area contributed by atoms with Gasteiger partial charge in [0.05, 0.1) is 24.4 Å². The molecular weight excluding hydrogens is 416 g/mol. The summed E-state index contributed by atoms with van der Waals surface area (Å²) in [5.74, 6) is -0.859. The van der Waals surface area contributed by atoms with Crippen molar-refractivity contribution in [1.29, 1.82) is 0 Å². The third-order valence-electron chi connectivity index (χ3n) is 4.62. The normalized spacial score (nSPS) is 12.7. The molecule has 8 heteroatoms. The Morgan fingerprint density at radius 1 is 1.13 bits per heavy atom. The topological polar surface area (TPSA) is 84.9 Å². The van der Waals surface area contributed by atoms with Gasteiger partial charge in [0.15, 0.2) is 5.75 Å². The summed E-state index contributed by atoms with van der Waals surface area (Å²) in [6.07, 6.45) is 0. The number of carbonyl (C=O) groups is 3. The average molecular weight is 436 g/mol. The Bertz CT molecular complexity index is 1130. The van der Waals surface area contributed by atoms with Crippen molar-refractivity contribution in [3.63, 3.8) is 0 Å². The van der Waals surface area contributed by atoms with Crippen molar-refractivity contribution < 1.29 is 23.9 Å². The van der Waals surface area contributed by atoms with Crippen LogP contribution in [0.2, 0.25) is 0 Å². The van der Waals surface area contributed by atoms with E-state index >= 15 is 0 Å². The highest BCUT2D eigenvalue weighted by Gasteiger charge is 2.26. The number of nitrogens with zero attached hydrogens (tertiary/aromatic N) is 1. The number of nitrogens with one attached hydrogen (secondary N) is 1. The molecule has 0 unspecified atom stereocenters. The van der Waals surface area contributed by atoms with Crippen LogP contribution in [0.15, 0.2) is 60.7 Å². The zero-order valence-electron chi connectivity index (χ0n) is 16.8. The maximum Gasteiger partial charge on any atom is 0.341 e. The molecule has 3 aromatic rings. The van der Waals surface area contributed by atoms with Crippen molar-refractivity contribution in [3.8, 4) is 16.2 Å². The molecule has 4 rings (SSSR count). The Balaban J connectivity index is 1.57. The van der Waals surface area contributed by atoms with Gasteiger partial charge in [0.2, 0.25) is 5.91 Å². The maximum atomic E-state index is 12.8. The molecule has 1 aromatic heterocycles. The van der Waals surface area contributed by atoms with E-state index in [0.717, 1.165) is 10.4 Å². The molecule has 0 saturated heterocycles. The average Bonchev–Trinajstić information content (AvgIpc) is 3.18. The molecule has 31 heavy (non-hydrogen) atoms. The van der Waals surface area contributed by atoms with Gasteiger partial charge in [-0.3, -0.25) is 4.79 Å². The van der Waals surface area contributed by atoms with Crippen molar-refractivity contribution in [2.75, 3.05) is 29.9 Å². The molecule has 0 bridgehead atoms. The molecular formula is C23H20N2O5S. The summed E-state index contributed by atoms with van der Waals surface area (Å²) in [5.41, 5.74) is 1.91. The quantitative estimate of drug-likeness (QED) is 0.465. The standard InChI is InChI=1S/C23H20N2O5S/c1-2-29-23(28)16-12-19(15-8-4-3-5-9-15)31-22(16)24-20(26)13-25-14-21(27)30-18-11-7-6-10-17(18)25/h3-12H,2,13-14H2,1H3,(H,24,26). The van der Waals surface area contributed by atoms with Crippen LogP contribution in [0, 0.1) is 0 Å². The summed E-state index contributed by atoms with van der Waals surface area (Å²) in [7, 11) is 0. The molecule has 0 atom stereocenters. The molecule has 0 spiro atoms. The van der Waals surface area contributed by atoms with E-state index in [9.17, 15) is 14.4 Å². The van der Waals surface area contributed by atoms with E-state index in [-0.39, 0.29) is 25.6 Å². The second-order valence-corrected chi connectivity index (χ2v) is 7.84. The fourth-order valence-electron chi connectivity index (χ4n) is 3.27. The molecule has 7 nitrogen and oxygen atoms in total. The monoisotopic (exact) mass is 436 g/mol. The molecule has 1 aliphatic rings. The van der Waals surface area contributed by atoms with Crippen LogP contribution in [0.5, 0.6) is 5.75 Å². The Hall–Kier alpha value is -3.65. The zero-order chi connectivity index (χ0) is 21.8. The Kier molecular flexibility index (Phi) is 5.99. The molecule has 0 aliphatic carbocycles. The van der Waals surface area contributed by atoms with E-state index in [1.807, 2.05) is 36.4 Å². The second kappa shape index (κ2) is 9.01. The first kappa shape index (κ1) is 20.6. The van der Waals surface area contributed by atoms with E-state index in [1.165, 1.54) is 11.3 Å². The number of hydrogen-bond donors (Lipinski definition) is 1. The van der Waals surface area contributed by atoms with Crippen LogP contribution in [0.1, 0.15) is 17.3 Å². The summed E-state index contributed by atoms with van der Waals surface area (Å²) >= 11 is 1.30. The van der Waals surface area contributed by atoms with Gasteiger partial charge in [-0.15, -0.1) is 11.3 Å². The number of fused-ring (bicyclic) bond motifs is 1. The van der Waals surface area contributed by atoms with Crippen LogP contribution in [0.4, 0.5) is 10.7 Å². The van der Waals surface area contributed by atoms with Crippen LogP contribution >= 0.6 is 11.3 Å². The number of hydrogen-bond acceptors (Lipinski definition) is 7. The fourth-order valence-corrected chi connectivity index (χ4v) is 4.34. The highest BCUT2D eigenvalue weighted by Crippen LogP contribution is 2.36. The SMILES string of the molecule is CCOC(=O)c1cc(-c2ccccc2)sc1NC(=O)CN1CC(=O)Oc2ccccc21. The van der Waals surface area contributed by atoms with Crippen molar-refractivity contribution in [1.82, 2.24) is 0 Å². The van der Waals surface area contributed by atoms with Crippen LogP contribution in [0.25, 0.3) is 10.4 Å². The first-order chi connectivity index (χ1) is 15.0. The van der Waals surface area contributed by atoms with Gasteiger partial charge in [0.1, 0.15) is 11.5 Å². The van der Waals surface area contributed by atoms with Gasteiger partial charge in [-0.25, -0.2) is 9.59 Å². The molecule has 0 saturated carbocycles. The van der Waals surface area contributed by atoms with E-state index < -0.39 is 11.9 Å². The number of para-hydroxylation sites is 2. The minimum Gasteiger partial charge on any atom is -0.462 e. The predicted octanol–water partition coefficient (Wildman–Crippen LogP) is 3.96. The van der Waals surface area contributed by atoms with Crippen molar-refractivity contribution in [2.24, 2.45) is 0 Å². The van der Waals surface area contributed by atoms with Crippen molar-refractivity contribution in [3.05, 3.63) is 66.2 Å². The summed E-state index contributed by atoms with van der Waals surface area (Å²) in [5, 5.41) is 3.23. The van der Waals surface area contributed by atoms with Gasteiger partial charge < -0.3 is 19.7 Å². The van der Waals surface area contributed by atoms with Crippen LogP contribution in [0.3, 0.4) is 0 Å². The third kappa shape index (κ3) is 4.59. The lowest BCUT2D eigenvalue weighted by atomic mass is 10.1. The van der Waals surface area contributed by atoms with Crippen molar-refractivity contribution in [2.45, 2.75) is 6.92 Å². The Morgan fingerprint density at radius 3 is 2.65 bits per heavy atom. The van der Waals surface area contributed by atoms with Gasteiger partial charge in [0, 0.05) is 4.88 Å². The molecule has 1 N–H and O–H groups in total. The lowest BCUT2D eigenvalue weighted by molar-refractivity contribution is -0.133. The number of esters is 2. The largest absolute Gasteiger partial charge is 0.462 e. The van der Waals surface area contributed by atoms with Crippen molar-refractivity contribution >= 4 is 39.9 Å². The molecule has 1 aliphatic heterocycles. The molecule has 1 amide bonds. The lowest BCUT2D eigenvalue weighted by Crippen LogP contribution is -2.41. The molecule has 158 valence electrons. The Labute approximate surface area is 183 Å². The molecule has 2 aromatic carbocycles. The van der Waals surface area contributed by atoms with Gasteiger partial charge >= 0.3 is 11.9 Å². The predicted molar refractivity (Wildman–Crippen MR) is 119 cm³/mol. The fraction of sp³-hybridized carbons (Fsp3) is 0.174. The van der Waals surface area contributed by atoms with E-state index in [0.29, 0.717) is 22.0 Å². The van der Waals surface area contributed by atoms with E-state index in [4.69, 9.17) is 9.47 Å². The van der Waals surface area contributed by atoms with Gasteiger partial charge in [-0.05, 0) is 30.7 Å². The highest BCUT2D eigenvalue weighted by molar-refractivity contribution is 7.20. The first-order valence-corrected chi connectivity index (χ1v) is 10.6. The number of rotatable bonds is 6. The van der Waals surface area contributed by atoms with Crippen LogP contribution in [-0.2, 0) is 14.3 Å². The van der Waals surface area contributed by atoms with Gasteiger partial charge in [0.25, 0.3) is 0 Å². The van der Waals surface area contributed by atoms with Gasteiger partial charge in [-0.1, -0.05) is 42.5 Å².